The maximum atomic E-state index is 12.3. The predicted octanol–water partition coefficient (Wildman–Crippen LogP) is 1.30. The number of nitrogens with zero attached hydrogens (tertiary/aromatic N) is 2. The summed E-state index contributed by atoms with van der Waals surface area (Å²) in [5.41, 5.74) is 1.95. The van der Waals surface area contributed by atoms with Crippen LogP contribution in [-0.2, 0) is 5.54 Å². The molecule has 0 saturated carbocycles. The predicted molar refractivity (Wildman–Crippen MR) is 62.3 cm³/mol. The van der Waals surface area contributed by atoms with Gasteiger partial charge in [-0.2, -0.15) is 0 Å². The number of rotatable bonds is 0. The van der Waals surface area contributed by atoms with E-state index in [2.05, 4.69) is 24.9 Å². The molecule has 2 heterocycles. The molecule has 0 aliphatic carbocycles. The molecular weight excluding hydrogens is 200 g/mol. The van der Waals surface area contributed by atoms with Crippen LogP contribution in [0.5, 0.6) is 0 Å². The summed E-state index contributed by atoms with van der Waals surface area (Å²) in [5.74, 6) is 0.200. The number of carbonyl (C=O) groups is 1. The van der Waals surface area contributed by atoms with Gasteiger partial charge in [-0.25, -0.2) is 0 Å². The number of piperazine rings is 1. The average Bonchev–Trinajstić information content (AvgIpc) is 2.49. The summed E-state index contributed by atoms with van der Waals surface area (Å²) < 4.78 is 0. The summed E-state index contributed by atoms with van der Waals surface area (Å²) in [7, 11) is 2.12. The Morgan fingerprint density at radius 3 is 2.81 bits per heavy atom. The van der Waals surface area contributed by atoms with Crippen molar-refractivity contribution in [3.63, 3.8) is 0 Å². The van der Waals surface area contributed by atoms with E-state index < -0.39 is 0 Å². The number of likely N-dealkylation sites (N-methyl/N-ethyl adjacent to an activating group) is 1. The van der Waals surface area contributed by atoms with Gasteiger partial charge in [0.05, 0.1) is 5.54 Å². The van der Waals surface area contributed by atoms with E-state index >= 15 is 0 Å². The Morgan fingerprint density at radius 1 is 1.25 bits per heavy atom. The first-order valence-electron chi connectivity index (χ1n) is 5.73. The second-order valence-electron chi connectivity index (χ2n) is 5.01. The van der Waals surface area contributed by atoms with E-state index in [1.54, 1.807) is 0 Å². The molecule has 0 aromatic heterocycles. The lowest BCUT2D eigenvalue weighted by Gasteiger charge is -2.44. The fraction of sp³-hybridized carbons (Fsp3) is 0.462. The van der Waals surface area contributed by atoms with Gasteiger partial charge in [-0.3, -0.25) is 4.79 Å². The fourth-order valence-corrected chi connectivity index (χ4v) is 3.05. The molecule has 3 rings (SSSR count). The van der Waals surface area contributed by atoms with Gasteiger partial charge in [0.2, 0.25) is 0 Å². The van der Waals surface area contributed by atoms with Crippen molar-refractivity contribution in [2.45, 2.75) is 12.5 Å². The third-order valence-electron chi connectivity index (χ3n) is 3.86. The molecule has 2 aliphatic heterocycles. The Morgan fingerprint density at radius 2 is 2.00 bits per heavy atom. The molecule has 1 aromatic carbocycles. The molecule has 1 aromatic rings. The van der Waals surface area contributed by atoms with Crippen molar-refractivity contribution in [1.29, 1.82) is 0 Å². The molecule has 16 heavy (non-hydrogen) atoms. The third-order valence-corrected chi connectivity index (χ3v) is 3.86. The van der Waals surface area contributed by atoms with Crippen molar-refractivity contribution in [2.75, 3.05) is 26.7 Å². The van der Waals surface area contributed by atoms with Gasteiger partial charge in [-0.1, -0.05) is 18.2 Å². The highest BCUT2D eigenvalue weighted by Crippen LogP contribution is 2.40. The van der Waals surface area contributed by atoms with Crippen molar-refractivity contribution >= 4 is 5.91 Å². The number of hydrogen-bond donors (Lipinski definition) is 0. The summed E-state index contributed by atoms with van der Waals surface area (Å²) in [6, 6.07) is 8.01. The normalized spacial score (nSPS) is 29.1. The van der Waals surface area contributed by atoms with Crippen LogP contribution in [0.15, 0.2) is 24.3 Å². The number of benzene rings is 1. The second kappa shape index (κ2) is 3.08. The lowest BCUT2D eigenvalue weighted by atomic mass is 9.90. The maximum absolute atomic E-state index is 12.3. The molecule has 0 radical (unpaired) electrons. The lowest BCUT2D eigenvalue weighted by Crippen LogP contribution is -2.56. The molecule has 84 valence electrons. The summed E-state index contributed by atoms with van der Waals surface area (Å²) in [5, 5.41) is 0. The van der Waals surface area contributed by atoms with Gasteiger partial charge in [0.25, 0.3) is 5.91 Å². The molecule has 1 saturated heterocycles. The summed E-state index contributed by atoms with van der Waals surface area (Å²) in [6.45, 7) is 4.90. The Bertz CT molecular complexity index is 457. The first-order valence-corrected chi connectivity index (χ1v) is 5.73. The minimum atomic E-state index is -0.124. The van der Waals surface area contributed by atoms with Gasteiger partial charge in [-0.15, -0.1) is 0 Å². The molecule has 0 bridgehead atoms. The van der Waals surface area contributed by atoms with Crippen LogP contribution in [0.4, 0.5) is 0 Å². The van der Waals surface area contributed by atoms with Crippen LogP contribution in [0, 0.1) is 0 Å². The highest BCUT2D eigenvalue weighted by atomic mass is 16.2. The van der Waals surface area contributed by atoms with Crippen LogP contribution in [0.25, 0.3) is 0 Å². The van der Waals surface area contributed by atoms with Gasteiger partial charge < -0.3 is 9.80 Å². The van der Waals surface area contributed by atoms with Gasteiger partial charge >= 0.3 is 0 Å². The molecular formula is C13H16N2O. The maximum Gasteiger partial charge on any atom is 0.255 e. The average molecular weight is 216 g/mol. The van der Waals surface area contributed by atoms with Gasteiger partial charge in [0, 0.05) is 25.2 Å². The van der Waals surface area contributed by atoms with Crippen LogP contribution >= 0.6 is 0 Å². The Kier molecular flexibility index (Phi) is 1.89. The van der Waals surface area contributed by atoms with Crippen molar-refractivity contribution in [2.24, 2.45) is 0 Å². The molecule has 3 heteroatoms. The van der Waals surface area contributed by atoms with E-state index in [9.17, 15) is 4.79 Å². The smallest absolute Gasteiger partial charge is 0.255 e. The molecule has 2 aliphatic rings. The number of fused-ring (bicyclic) bond motifs is 3. The van der Waals surface area contributed by atoms with Gasteiger partial charge in [0.15, 0.2) is 0 Å². The van der Waals surface area contributed by atoms with Gasteiger partial charge in [-0.05, 0) is 25.6 Å². The molecule has 1 atom stereocenters. The number of amides is 1. The molecule has 1 amide bonds. The van der Waals surface area contributed by atoms with Crippen LogP contribution in [-0.4, -0.2) is 42.4 Å². The number of carbonyl (C=O) groups excluding carboxylic acids is 1. The van der Waals surface area contributed by atoms with E-state index in [1.165, 1.54) is 5.56 Å². The summed E-state index contributed by atoms with van der Waals surface area (Å²) >= 11 is 0. The van der Waals surface area contributed by atoms with Gasteiger partial charge in [0.1, 0.15) is 0 Å². The fourth-order valence-electron chi connectivity index (χ4n) is 3.05. The van der Waals surface area contributed by atoms with E-state index in [0.717, 1.165) is 25.2 Å². The summed E-state index contributed by atoms with van der Waals surface area (Å²) in [6.07, 6.45) is 0. The minimum Gasteiger partial charge on any atom is -0.327 e. The van der Waals surface area contributed by atoms with Crippen molar-refractivity contribution < 1.29 is 4.79 Å². The lowest BCUT2D eigenvalue weighted by molar-refractivity contribution is 0.0261. The molecule has 0 unspecified atom stereocenters. The first kappa shape index (κ1) is 9.85. The SMILES string of the molecule is CN1CCN2C(=O)c3ccccc3[C@]2(C)C1. The van der Waals surface area contributed by atoms with E-state index in [4.69, 9.17) is 0 Å². The van der Waals surface area contributed by atoms with Crippen molar-refractivity contribution in [3.8, 4) is 0 Å². The zero-order valence-electron chi connectivity index (χ0n) is 9.73. The topological polar surface area (TPSA) is 23.6 Å². The van der Waals surface area contributed by atoms with Crippen molar-refractivity contribution in [3.05, 3.63) is 35.4 Å². The molecule has 0 N–H and O–H groups in total. The third kappa shape index (κ3) is 1.09. The number of hydrogen-bond acceptors (Lipinski definition) is 2. The minimum absolute atomic E-state index is 0.124. The van der Waals surface area contributed by atoms with Crippen molar-refractivity contribution in [1.82, 2.24) is 9.80 Å². The highest BCUT2D eigenvalue weighted by Gasteiger charge is 2.48. The van der Waals surface area contributed by atoms with Crippen LogP contribution in [0.2, 0.25) is 0 Å². The molecule has 3 nitrogen and oxygen atoms in total. The monoisotopic (exact) mass is 216 g/mol. The molecule has 0 spiro atoms. The van der Waals surface area contributed by atoms with Crippen LogP contribution in [0.1, 0.15) is 22.8 Å². The van der Waals surface area contributed by atoms with Crippen LogP contribution in [0.3, 0.4) is 0 Å². The standard InChI is InChI=1S/C13H16N2O/c1-13-9-14(2)7-8-15(13)12(16)10-5-3-4-6-11(10)13/h3-6H,7-9H2,1-2H3/t13-/m0/s1. The van der Waals surface area contributed by atoms with E-state index in [0.29, 0.717) is 0 Å². The second-order valence-corrected chi connectivity index (χ2v) is 5.01. The van der Waals surface area contributed by atoms with Crippen LogP contribution < -0.4 is 0 Å². The summed E-state index contributed by atoms with van der Waals surface area (Å²) in [4.78, 5) is 16.6. The van der Waals surface area contributed by atoms with E-state index in [-0.39, 0.29) is 11.4 Å². The Balaban J connectivity index is 2.16. The largest absolute Gasteiger partial charge is 0.327 e. The van der Waals surface area contributed by atoms with E-state index in [1.807, 2.05) is 23.1 Å². The first-order chi connectivity index (χ1) is 7.63. The Hall–Kier alpha value is -1.35. The zero-order chi connectivity index (χ0) is 11.3. The zero-order valence-corrected chi connectivity index (χ0v) is 9.73. The highest BCUT2D eigenvalue weighted by molar-refractivity contribution is 6.00. The Labute approximate surface area is 95.7 Å². The quantitative estimate of drug-likeness (QED) is 0.652. The molecule has 1 fully saturated rings.